The van der Waals surface area contributed by atoms with Gasteiger partial charge in [-0.05, 0) is 25.5 Å². The smallest absolute Gasteiger partial charge is 0.176 e. The lowest BCUT2D eigenvalue weighted by molar-refractivity contribution is -0.109. The van der Waals surface area contributed by atoms with Crippen molar-refractivity contribution in [3.05, 3.63) is 24.0 Å². The Hall–Kier alpha value is -1.13. The van der Waals surface area contributed by atoms with Crippen molar-refractivity contribution in [2.24, 2.45) is 0 Å². The summed E-state index contributed by atoms with van der Waals surface area (Å²) >= 11 is 0. The summed E-state index contributed by atoms with van der Waals surface area (Å²) in [7, 11) is 3.25. The highest BCUT2D eigenvalue weighted by Crippen LogP contribution is 2.14. The second kappa shape index (κ2) is 5.68. The van der Waals surface area contributed by atoms with Crippen molar-refractivity contribution in [2.75, 3.05) is 19.5 Å². The second-order valence-corrected chi connectivity index (χ2v) is 3.46. The van der Waals surface area contributed by atoms with Crippen molar-refractivity contribution in [1.82, 2.24) is 4.98 Å². The predicted molar refractivity (Wildman–Crippen MR) is 59.9 cm³/mol. The highest BCUT2D eigenvalue weighted by molar-refractivity contribution is 5.48. The van der Waals surface area contributed by atoms with E-state index < -0.39 is 0 Å². The number of pyridine rings is 1. The standard InChI is InChI=1S/C11H18N2O2/c1-8-5-6-12-7-10(8)13-9(2)11(14-3)15-4/h5-7,9,11,13H,1-4H3. The van der Waals surface area contributed by atoms with Crippen LogP contribution >= 0.6 is 0 Å². The average Bonchev–Trinajstić information content (AvgIpc) is 2.23. The summed E-state index contributed by atoms with van der Waals surface area (Å²) in [5, 5.41) is 3.30. The third-order valence-corrected chi connectivity index (χ3v) is 2.30. The number of hydrogen-bond donors (Lipinski definition) is 1. The number of anilines is 1. The Kier molecular flexibility index (Phi) is 4.52. The number of ether oxygens (including phenoxy) is 2. The summed E-state index contributed by atoms with van der Waals surface area (Å²) in [6.45, 7) is 4.04. The van der Waals surface area contributed by atoms with E-state index in [1.54, 1.807) is 26.6 Å². The Morgan fingerprint density at radius 1 is 1.33 bits per heavy atom. The van der Waals surface area contributed by atoms with Crippen molar-refractivity contribution in [2.45, 2.75) is 26.2 Å². The first-order valence-electron chi connectivity index (χ1n) is 4.91. The minimum Gasteiger partial charge on any atom is -0.376 e. The maximum Gasteiger partial charge on any atom is 0.176 e. The van der Waals surface area contributed by atoms with Crippen LogP contribution in [0, 0.1) is 6.92 Å². The van der Waals surface area contributed by atoms with Gasteiger partial charge in [-0.1, -0.05) is 0 Å². The molecule has 0 aromatic carbocycles. The van der Waals surface area contributed by atoms with Gasteiger partial charge in [-0.15, -0.1) is 0 Å². The van der Waals surface area contributed by atoms with Crippen LogP contribution < -0.4 is 5.32 Å². The number of methoxy groups -OCH3 is 2. The van der Waals surface area contributed by atoms with Crippen molar-refractivity contribution in [3.8, 4) is 0 Å². The van der Waals surface area contributed by atoms with Crippen LogP contribution in [-0.2, 0) is 9.47 Å². The van der Waals surface area contributed by atoms with Crippen LogP contribution in [0.15, 0.2) is 18.5 Å². The van der Waals surface area contributed by atoms with E-state index >= 15 is 0 Å². The van der Waals surface area contributed by atoms with E-state index in [1.807, 2.05) is 19.9 Å². The van der Waals surface area contributed by atoms with Gasteiger partial charge < -0.3 is 14.8 Å². The van der Waals surface area contributed by atoms with Crippen LogP contribution in [0.25, 0.3) is 0 Å². The highest BCUT2D eigenvalue weighted by atomic mass is 16.7. The molecule has 0 fully saturated rings. The first kappa shape index (κ1) is 11.9. The van der Waals surface area contributed by atoms with Gasteiger partial charge in [0.1, 0.15) is 0 Å². The van der Waals surface area contributed by atoms with Crippen LogP contribution in [0.4, 0.5) is 5.69 Å². The molecular weight excluding hydrogens is 192 g/mol. The molecule has 1 N–H and O–H groups in total. The minimum atomic E-state index is -0.260. The molecule has 84 valence electrons. The third kappa shape index (κ3) is 3.18. The van der Waals surface area contributed by atoms with E-state index in [-0.39, 0.29) is 12.3 Å². The summed E-state index contributed by atoms with van der Waals surface area (Å²) in [4.78, 5) is 4.07. The monoisotopic (exact) mass is 210 g/mol. The van der Waals surface area contributed by atoms with Gasteiger partial charge in [-0.25, -0.2) is 0 Å². The normalized spacial score (nSPS) is 12.9. The van der Waals surface area contributed by atoms with Crippen LogP contribution in [0.5, 0.6) is 0 Å². The molecule has 4 nitrogen and oxygen atoms in total. The van der Waals surface area contributed by atoms with Crippen molar-refractivity contribution in [1.29, 1.82) is 0 Å². The molecule has 0 saturated carbocycles. The molecule has 1 unspecified atom stereocenters. The lowest BCUT2D eigenvalue weighted by atomic mass is 10.2. The number of hydrogen-bond acceptors (Lipinski definition) is 4. The lowest BCUT2D eigenvalue weighted by Gasteiger charge is -2.23. The van der Waals surface area contributed by atoms with Gasteiger partial charge >= 0.3 is 0 Å². The van der Waals surface area contributed by atoms with Gasteiger partial charge in [0.25, 0.3) is 0 Å². The Balaban J connectivity index is 2.65. The van der Waals surface area contributed by atoms with Gasteiger partial charge in [-0.3, -0.25) is 4.98 Å². The number of aryl methyl sites for hydroxylation is 1. The summed E-state index contributed by atoms with van der Waals surface area (Å²) < 4.78 is 10.3. The molecule has 1 rings (SSSR count). The van der Waals surface area contributed by atoms with E-state index in [0.29, 0.717) is 0 Å². The van der Waals surface area contributed by atoms with Crippen molar-refractivity contribution in [3.63, 3.8) is 0 Å². The maximum atomic E-state index is 5.17. The van der Waals surface area contributed by atoms with E-state index in [0.717, 1.165) is 11.3 Å². The zero-order chi connectivity index (χ0) is 11.3. The molecule has 0 radical (unpaired) electrons. The van der Waals surface area contributed by atoms with Crippen molar-refractivity contribution < 1.29 is 9.47 Å². The Morgan fingerprint density at radius 2 is 2.00 bits per heavy atom. The zero-order valence-corrected chi connectivity index (χ0v) is 9.65. The second-order valence-electron chi connectivity index (χ2n) is 3.46. The molecular formula is C11H18N2O2. The van der Waals surface area contributed by atoms with Gasteiger partial charge in [-0.2, -0.15) is 0 Å². The third-order valence-electron chi connectivity index (χ3n) is 2.30. The van der Waals surface area contributed by atoms with Crippen LogP contribution in [0.2, 0.25) is 0 Å². The molecule has 1 aromatic heterocycles. The Morgan fingerprint density at radius 3 is 2.53 bits per heavy atom. The molecule has 1 heterocycles. The highest BCUT2D eigenvalue weighted by Gasteiger charge is 2.15. The van der Waals surface area contributed by atoms with Crippen LogP contribution in [-0.4, -0.2) is 31.5 Å². The number of nitrogens with zero attached hydrogens (tertiary/aromatic N) is 1. The summed E-state index contributed by atoms with van der Waals surface area (Å²) in [5.74, 6) is 0. The largest absolute Gasteiger partial charge is 0.376 e. The van der Waals surface area contributed by atoms with E-state index in [4.69, 9.17) is 9.47 Å². The summed E-state index contributed by atoms with van der Waals surface area (Å²) in [6.07, 6.45) is 3.31. The van der Waals surface area contributed by atoms with Gasteiger partial charge in [0.05, 0.1) is 17.9 Å². The van der Waals surface area contributed by atoms with Crippen LogP contribution in [0.3, 0.4) is 0 Å². The zero-order valence-electron chi connectivity index (χ0n) is 9.65. The summed E-state index contributed by atoms with van der Waals surface area (Å²) in [5.41, 5.74) is 2.16. The average molecular weight is 210 g/mol. The molecule has 0 bridgehead atoms. The van der Waals surface area contributed by atoms with E-state index in [1.165, 1.54) is 0 Å². The lowest BCUT2D eigenvalue weighted by Crippen LogP contribution is -2.34. The fraction of sp³-hybridized carbons (Fsp3) is 0.545. The molecule has 0 aliphatic rings. The molecule has 0 aliphatic heterocycles. The Labute approximate surface area is 90.6 Å². The molecule has 1 aromatic rings. The summed E-state index contributed by atoms with van der Waals surface area (Å²) in [6, 6.07) is 2.03. The van der Waals surface area contributed by atoms with Crippen LogP contribution in [0.1, 0.15) is 12.5 Å². The molecule has 4 heteroatoms. The predicted octanol–water partition coefficient (Wildman–Crippen LogP) is 1.81. The van der Waals surface area contributed by atoms with Gasteiger partial charge in [0, 0.05) is 20.4 Å². The van der Waals surface area contributed by atoms with Gasteiger partial charge in [0.15, 0.2) is 6.29 Å². The fourth-order valence-electron chi connectivity index (χ4n) is 1.43. The number of rotatable bonds is 5. The minimum absolute atomic E-state index is 0.0721. The molecule has 1 atom stereocenters. The first-order valence-corrected chi connectivity index (χ1v) is 4.91. The molecule has 0 spiro atoms. The number of aromatic nitrogens is 1. The number of nitrogens with one attached hydrogen (secondary N) is 1. The van der Waals surface area contributed by atoms with E-state index in [9.17, 15) is 0 Å². The molecule has 0 aliphatic carbocycles. The first-order chi connectivity index (χ1) is 7.19. The van der Waals surface area contributed by atoms with Gasteiger partial charge in [0.2, 0.25) is 0 Å². The Bertz CT molecular complexity index is 300. The molecule has 0 saturated heterocycles. The maximum absolute atomic E-state index is 5.17. The molecule has 0 amide bonds. The van der Waals surface area contributed by atoms with E-state index in [2.05, 4.69) is 10.3 Å². The topological polar surface area (TPSA) is 43.4 Å². The van der Waals surface area contributed by atoms with Crippen molar-refractivity contribution >= 4 is 5.69 Å². The SMILES string of the molecule is COC(OC)C(C)Nc1cnccc1C. The molecule has 15 heavy (non-hydrogen) atoms. The quantitative estimate of drug-likeness (QED) is 0.753. The fourth-order valence-corrected chi connectivity index (χ4v) is 1.43.